The second kappa shape index (κ2) is 7.31. The molecule has 6 heteroatoms. The third-order valence-electron chi connectivity index (χ3n) is 3.30. The van der Waals surface area contributed by atoms with Crippen LogP contribution in [0.25, 0.3) is 0 Å². The van der Waals surface area contributed by atoms with Crippen molar-refractivity contribution in [2.24, 2.45) is 5.10 Å². The summed E-state index contributed by atoms with van der Waals surface area (Å²) in [7, 11) is 0. The summed E-state index contributed by atoms with van der Waals surface area (Å²) >= 11 is 9.06. The Labute approximate surface area is 143 Å². The van der Waals surface area contributed by atoms with Gasteiger partial charge in [0.2, 0.25) is 0 Å². The summed E-state index contributed by atoms with van der Waals surface area (Å²) in [5, 5.41) is 6.05. The van der Waals surface area contributed by atoms with Crippen LogP contribution in [0.5, 0.6) is 0 Å². The van der Waals surface area contributed by atoms with E-state index in [2.05, 4.69) is 5.10 Å². The van der Waals surface area contributed by atoms with E-state index in [-0.39, 0.29) is 5.91 Å². The Hall–Kier alpha value is -1.30. The maximum absolute atomic E-state index is 12.2. The molecule has 2 heterocycles. The fraction of sp³-hybridized carbons (Fsp3) is 0.250. The monoisotopic (exact) mass is 350 g/mol. The Morgan fingerprint density at radius 1 is 1.27 bits per heavy atom. The second-order valence-electron chi connectivity index (χ2n) is 4.88. The third-order valence-corrected chi connectivity index (χ3v) is 5.68. The van der Waals surface area contributed by atoms with E-state index in [0.717, 1.165) is 27.8 Å². The minimum Gasteiger partial charge on any atom is -0.272 e. The molecule has 1 amide bonds. The summed E-state index contributed by atoms with van der Waals surface area (Å²) in [4.78, 5) is 13.4. The van der Waals surface area contributed by atoms with Crippen molar-refractivity contribution in [1.29, 1.82) is 0 Å². The molecule has 0 saturated heterocycles. The zero-order valence-corrected chi connectivity index (χ0v) is 14.3. The van der Waals surface area contributed by atoms with Crippen molar-refractivity contribution in [2.75, 3.05) is 12.3 Å². The number of nitrogens with zero attached hydrogens (tertiary/aromatic N) is 2. The number of amides is 1. The molecule has 2 aromatic rings. The quantitative estimate of drug-likeness (QED) is 0.806. The Kier molecular flexibility index (Phi) is 5.18. The lowest BCUT2D eigenvalue weighted by molar-refractivity contribution is -0.127. The van der Waals surface area contributed by atoms with Gasteiger partial charge < -0.3 is 0 Å². The van der Waals surface area contributed by atoms with Crippen LogP contribution in [0.2, 0.25) is 4.34 Å². The summed E-state index contributed by atoms with van der Waals surface area (Å²) in [6.07, 6.45) is 0.820. The minimum absolute atomic E-state index is 0.0681. The van der Waals surface area contributed by atoms with Gasteiger partial charge in [0.15, 0.2) is 0 Å². The zero-order chi connectivity index (χ0) is 15.4. The van der Waals surface area contributed by atoms with Crippen LogP contribution in [0, 0.1) is 0 Å². The standard InChI is InChI=1S/C16H15ClN2OS2/c17-15-7-6-13(22-15)10-21-11-16(20)19-9-8-14(18-19)12-4-2-1-3-5-12/h1-7H,8-11H2. The van der Waals surface area contributed by atoms with E-state index in [1.165, 1.54) is 4.88 Å². The molecule has 0 radical (unpaired) electrons. The van der Waals surface area contributed by atoms with Gasteiger partial charge in [0, 0.05) is 17.1 Å². The van der Waals surface area contributed by atoms with Crippen LogP contribution in [-0.2, 0) is 10.5 Å². The van der Waals surface area contributed by atoms with E-state index >= 15 is 0 Å². The summed E-state index contributed by atoms with van der Waals surface area (Å²) in [6, 6.07) is 13.9. The van der Waals surface area contributed by atoms with E-state index in [4.69, 9.17) is 11.6 Å². The molecule has 0 N–H and O–H groups in total. The van der Waals surface area contributed by atoms with Gasteiger partial charge in [0.1, 0.15) is 0 Å². The number of hydrazone groups is 1. The summed E-state index contributed by atoms with van der Waals surface area (Å²) in [5.74, 6) is 1.33. The first-order valence-electron chi connectivity index (χ1n) is 6.97. The first-order chi connectivity index (χ1) is 10.7. The highest BCUT2D eigenvalue weighted by Gasteiger charge is 2.21. The number of hydrogen-bond donors (Lipinski definition) is 0. The van der Waals surface area contributed by atoms with Gasteiger partial charge in [0.25, 0.3) is 5.91 Å². The highest BCUT2D eigenvalue weighted by atomic mass is 35.5. The molecule has 1 aromatic carbocycles. The number of halogens is 1. The van der Waals surface area contributed by atoms with Crippen LogP contribution in [0.3, 0.4) is 0 Å². The molecule has 1 aromatic heterocycles. The molecule has 114 valence electrons. The maximum atomic E-state index is 12.2. The van der Waals surface area contributed by atoms with Gasteiger partial charge in [-0.2, -0.15) is 5.10 Å². The van der Waals surface area contributed by atoms with Crippen LogP contribution >= 0.6 is 34.7 Å². The van der Waals surface area contributed by atoms with Crippen molar-refractivity contribution in [3.8, 4) is 0 Å². The van der Waals surface area contributed by atoms with Gasteiger partial charge in [-0.25, -0.2) is 5.01 Å². The Morgan fingerprint density at radius 3 is 2.82 bits per heavy atom. The van der Waals surface area contributed by atoms with Crippen LogP contribution < -0.4 is 0 Å². The fourth-order valence-corrected chi connectivity index (χ4v) is 4.31. The summed E-state index contributed by atoms with van der Waals surface area (Å²) < 4.78 is 0.790. The van der Waals surface area contributed by atoms with Crippen molar-refractivity contribution in [1.82, 2.24) is 5.01 Å². The maximum Gasteiger partial charge on any atom is 0.252 e. The van der Waals surface area contributed by atoms with Gasteiger partial charge in [0.05, 0.1) is 22.3 Å². The average Bonchev–Trinajstić information content (AvgIpc) is 3.17. The van der Waals surface area contributed by atoms with Crippen LogP contribution in [0.15, 0.2) is 47.6 Å². The van der Waals surface area contributed by atoms with Gasteiger partial charge >= 0.3 is 0 Å². The van der Waals surface area contributed by atoms with E-state index in [1.807, 2.05) is 42.5 Å². The molecule has 0 saturated carbocycles. The SMILES string of the molecule is O=C(CSCc1ccc(Cl)s1)N1CCC(c2ccccc2)=N1. The topological polar surface area (TPSA) is 32.7 Å². The molecule has 3 nitrogen and oxygen atoms in total. The Morgan fingerprint density at radius 2 is 2.09 bits per heavy atom. The van der Waals surface area contributed by atoms with E-state index in [0.29, 0.717) is 12.3 Å². The normalized spacial score (nSPS) is 14.2. The minimum atomic E-state index is 0.0681. The van der Waals surface area contributed by atoms with E-state index < -0.39 is 0 Å². The molecule has 0 fully saturated rings. The first kappa shape index (κ1) is 15.6. The van der Waals surface area contributed by atoms with Gasteiger partial charge in [-0.1, -0.05) is 41.9 Å². The van der Waals surface area contributed by atoms with Crippen LogP contribution in [0.4, 0.5) is 0 Å². The first-order valence-corrected chi connectivity index (χ1v) is 9.32. The molecular weight excluding hydrogens is 336 g/mol. The van der Waals surface area contributed by atoms with E-state index in [9.17, 15) is 4.79 Å². The van der Waals surface area contributed by atoms with Gasteiger partial charge in [-0.05, 0) is 17.7 Å². The third kappa shape index (κ3) is 3.91. The largest absolute Gasteiger partial charge is 0.272 e. The number of carbonyl (C=O) groups excluding carboxylic acids is 1. The predicted octanol–water partition coefficient (Wildman–Crippen LogP) is 4.27. The second-order valence-corrected chi connectivity index (χ2v) is 7.66. The number of benzene rings is 1. The Balaban J connectivity index is 1.52. The lowest BCUT2D eigenvalue weighted by atomic mass is 10.1. The van der Waals surface area contributed by atoms with Gasteiger partial charge in [-0.15, -0.1) is 23.1 Å². The molecule has 22 heavy (non-hydrogen) atoms. The average molecular weight is 351 g/mol. The van der Waals surface area contributed by atoms with Crippen molar-refractivity contribution in [3.05, 3.63) is 57.2 Å². The molecular formula is C16H15ClN2OS2. The number of rotatable bonds is 5. The van der Waals surface area contributed by atoms with Crippen molar-refractivity contribution in [3.63, 3.8) is 0 Å². The summed E-state index contributed by atoms with van der Waals surface area (Å²) in [6.45, 7) is 0.675. The molecule has 3 rings (SSSR count). The molecule has 0 bridgehead atoms. The van der Waals surface area contributed by atoms with Crippen LogP contribution in [0.1, 0.15) is 16.9 Å². The van der Waals surface area contributed by atoms with E-state index in [1.54, 1.807) is 28.1 Å². The van der Waals surface area contributed by atoms with Crippen molar-refractivity contribution >= 4 is 46.3 Å². The van der Waals surface area contributed by atoms with Crippen molar-refractivity contribution < 1.29 is 4.79 Å². The zero-order valence-electron chi connectivity index (χ0n) is 11.9. The van der Waals surface area contributed by atoms with Crippen molar-refractivity contribution in [2.45, 2.75) is 12.2 Å². The molecule has 1 aliphatic rings. The number of thiophene rings is 1. The molecule has 1 aliphatic heterocycles. The lowest BCUT2D eigenvalue weighted by Crippen LogP contribution is -2.25. The highest BCUT2D eigenvalue weighted by Crippen LogP contribution is 2.25. The fourth-order valence-electron chi connectivity index (χ4n) is 2.21. The van der Waals surface area contributed by atoms with Crippen LogP contribution in [-0.4, -0.2) is 28.9 Å². The molecule has 0 atom stereocenters. The number of hydrogen-bond acceptors (Lipinski definition) is 4. The highest BCUT2D eigenvalue weighted by molar-refractivity contribution is 7.99. The lowest BCUT2D eigenvalue weighted by Gasteiger charge is -2.10. The molecule has 0 aliphatic carbocycles. The summed E-state index contributed by atoms with van der Waals surface area (Å²) in [5.41, 5.74) is 2.09. The number of thioether (sulfide) groups is 1. The smallest absolute Gasteiger partial charge is 0.252 e. The molecule has 0 unspecified atom stereocenters. The predicted molar refractivity (Wildman–Crippen MR) is 94.8 cm³/mol. The van der Waals surface area contributed by atoms with Gasteiger partial charge in [-0.3, -0.25) is 4.79 Å². The molecule has 0 spiro atoms. The number of carbonyl (C=O) groups is 1. The Bertz CT molecular complexity index is 684.